The minimum absolute atomic E-state index is 0.418. The van der Waals surface area contributed by atoms with Gasteiger partial charge in [0.2, 0.25) is 0 Å². The summed E-state index contributed by atoms with van der Waals surface area (Å²) < 4.78 is 21.9. The molecule has 0 bridgehead atoms. The maximum atomic E-state index is 8.77. The topological polar surface area (TPSA) is 48.9 Å². The predicted molar refractivity (Wildman–Crippen MR) is 74.7 cm³/mol. The molecule has 1 heterocycles. The Balaban J connectivity index is 0.000000631. The fourth-order valence-corrected chi connectivity index (χ4v) is 2.59. The molecular weight excluding hydrogens is 295 g/mol. The summed E-state index contributed by atoms with van der Waals surface area (Å²) in [5, 5.41) is 0.838. The molecule has 4 nitrogen and oxygen atoms in total. The summed E-state index contributed by atoms with van der Waals surface area (Å²) >= 11 is 6.35. The second kappa shape index (κ2) is 7.48. The highest BCUT2D eigenvalue weighted by molar-refractivity contribution is 8.03. The summed E-state index contributed by atoms with van der Waals surface area (Å²) in [6.07, 6.45) is 0. The molecule has 0 saturated heterocycles. The van der Waals surface area contributed by atoms with Crippen molar-refractivity contribution in [3.05, 3.63) is 16.7 Å². The molecule has 0 aliphatic rings. The van der Waals surface area contributed by atoms with Crippen molar-refractivity contribution in [3.63, 3.8) is 0 Å². The van der Waals surface area contributed by atoms with E-state index >= 15 is 0 Å². The van der Waals surface area contributed by atoms with Crippen LogP contribution >= 0.6 is 22.3 Å². The second-order valence-corrected chi connectivity index (χ2v) is 6.04. The molecule has 1 atom stereocenters. The molecule has 7 heteroatoms. The molecule has 1 unspecified atom stereocenters. The van der Waals surface area contributed by atoms with Crippen molar-refractivity contribution in [1.29, 1.82) is 0 Å². The minimum atomic E-state index is -2.39. The van der Waals surface area contributed by atoms with Gasteiger partial charge < -0.3 is 4.55 Å². The van der Waals surface area contributed by atoms with Crippen LogP contribution in [0.3, 0.4) is 0 Å². The maximum absolute atomic E-state index is 8.77. The molecule has 0 aliphatic heterocycles. The van der Waals surface area contributed by atoms with Crippen LogP contribution < -0.4 is 4.57 Å². The maximum Gasteiger partial charge on any atom is 0.355 e. The van der Waals surface area contributed by atoms with Crippen molar-refractivity contribution in [2.24, 2.45) is 0 Å². The summed E-state index contributed by atoms with van der Waals surface area (Å²) in [6.45, 7) is 12.9. The highest BCUT2D eigenvalue weighted by atomic mass is 35.7. The first-order valence-electron chi connectivity index (χ1n) is 5.65. The van der Waals surface area contributed by atoms with Gasteiger partial charge in [0.15, 0.2) is 0 Å². The highest BCUT2D eigenvalue weighted by Gasteiger charge is 2.27. The zero-order valence-electron chi connectivity index (χ0n) is 11.5. The lowest BCUT2D eigenvalue weighted by Crippen LogP contribution is -2.39. The van der Waals surface area contributed by atoms with Crippen LogP contribution in [0.5, 0.6) is 0 Å². The van der Waals surface area contributed by atoms with Gasteiger partial charge in [0.05, 0.1) is 12.1 Å². The van der Waals surface area contributed by atoms with Crippen LogP contribution in [0.1, 0.15) is 51.2 Å². The second-order valence-electron chi connectivity index (χ2n) is 4.56. The molecule has 106 valence electrons. The zero-order valence-corrected chi connectivity index (χ0v) is 13.9. The van der Waals surface area contributed by atoms with Gasteiger partial charge >= 0.3 is 5.28 Å². The average molecular weight is 315 g/mol. The first-order valence-corrected chi connectivity index (χ1v) is 7.93. The summed E-state index contributed by atoms with van der Waals surface area (Å²) in [6, 6.07) is 0.836. The van der Waals surface area contributed by atoms with E-state index in [2.05, 4.69) is 61.4 Å². The molecule has 0 radical (unpaired) electrons. The van der Waals surface area contributed by atoms with Gasteiger partial charge in [-0.3, -0.25) is 4.21 Å². The molecule has 0 aliphatic carbocycles. The van der Waals surface area contributed by atoms with Crippen LogP contribution in [0.15, 0.2) is 0 Å². The Labute approximate surface area is 121 Å². The number of nitrogens with zero attached hydrogens (tertiary/aromatic N) is 2. The molecule has 0 saturated carbocycles. The predicted octanol–water partition coefficient (Wildman–Crippen LogP) is 3.23. The Morgan fingerprint density at radius 3 is 1.83 bits per heavy atom. The average Bonchev–Trinajstić information content (AvgIpc) is 2.36. The molecule has 1 rings (SSSR count). The quantitative estimate of drug-likeness (QED) is 0.478. The smallest absolute Gasteiger partial charge is 0.355 e. The molecule has 1 aromatic heterocycles. The summed E-state index contributed by atoms with van der Waals surface area (Å²) in [5.41, 5.74) is 2.53. The van der Waals surface area contributed by atoms with Crippen LogP contribution in [-0.2, 0) is 10.3 Å². The monoisotopic (exact) mass is 314 g/mol. The SMILES string of the molecule is Cc1c(C)[n+](C(C)C)c(Cl)n1C(C)C.O=S([O-])Cl. The Morgan fingerprint density at radius 1 is 1.28 bits per heavy atom. The van der Waals surface area contributed by atoms with E-state index in [0.717, 1.165) is 5.28 Å². The van der Waals surface area contributed by atoms with Crippen molar-refractivity contribution in [2.75, 3.05) is 0 Å². The van der Waals surface area contributed by atoms with Gasteiger partial charge in [-0.25, -0.2) is 9.13 Å². The van der Waals surface area contributed by atoms with E-state index in [1.54, 1.807) is 0 Å². The minimum Gasteiger partial charge on any atom is -0.760 e. The summed E-state index contributed by atoms with van der Waals surface area (Å²) in [4.78, 5) is 0. The Hall–Kier alpha value is -0.100. The van der Waals surface area contributed by atoms with Crippen LogP contribution in [0.4, 0.5) is 0 Å². The first-order chi connectivity index (χ1) is 8.11. The zero-order chi connectivity index (χ0) is 14.6. The number of hydrogen-bond donors (Lipinski definition) is 0. The van der Waals surface area contributed by atoms with Gasteiger partial charge in [0, 0.05) is 35.7 Å². The number of rotatable bonds is 2. The first kappa shape index (κ1) is 17.9. The van der Waals surface area contributed by atoms with Crippen LogP contribution in [-0.4, -0.2) is 13.3 Å². The lowest BCUT2D eigenvalue weighted by molar-refractivity contribution is -0.719. The van der Waals surface area contributed by atoms with E-state index in [-0.39, 0.29) is 0 Å². The Bertz CT molecular complexity index is 396. The van der Waals surface area contributed by atoms with Crippen LogP contribution in [0.2, 0.25) is 5.28 Å². The lowest BCUT2D eigenvalue weighted by Gasteiger charge is -2.04. The number of aromatic nitrogens is 2. The molecule has 0 aromatic carbocycles. The normalized spacial score (nSPS) is 12.6. The number of halogens is 2. The van der Waals surface area contributed by atoms with Gasteiger partial charge in [-0.1, -0.05) is 0 Å². The third kappa shape index (κ3) is 4.53. The van der Waals surface area contributed by atoms with Crippen molar-refractivity contribution in [3.8, 4) is 0 Å². The Kier molecular flexibility index (Phi) is 7.44. The molecule has 1 aromatic rings. The number of imidazole rings is 1. The van der Waals surface area contributed by atoms with Crippen LogP contribution in [0.25, 0.3) is 0 Å². The third-order valence-electron chi connectivity index (χ3n) is 2.68. The fraction of sp³-hybridized carbons (Fsp3) is 0.727. The van der Waals surface area contributed by atoms with Gasteiger partial charge in [-0.15, -0.1) is 0 Å². The summed E-state index contributed by atoms with van der Waals surface area (Å²) in [7, 11) is 1.80. The molecule has 0 N–H and O–H groups in total. The molecule has 0 fully saturated rings. The summed E-state index contributed by atoms with van der Waals surface area (Å²) in [5.74, 6) is 0. The largest absolute Gasteiger partial charge is 0.760 e. The van der Waals surface area contributed by atoms with Crippen molar-refractivity contribution >= 4 is 32.6 Å². The molecule has 18 heavy (non-hydrogen) atoms. The van der Waals surface area contributed by atoms with E-state index < -0.39 is 10.3 Å². The van der Waals surface area contributed by atoms with E-state index in [4.69, 9.17) is 20.4 Å². The van der Waals surface area contributed by atoms with Gasteiger partial charge in [-0.2, -0.15) is 0 Å². The van der Waals surface area contributed by atoms with Gasteiger partial charge in [0.25, 0.3) is 0 Å². The molecular formula is C11H20Cl2N2O2S. The van der Waals surface area contributed by atoms with Gasteiger partial charge in [-0.05, 0) is 38.4 Å². The third-order valence-corrected chi connectivity index (χ3v) is 3.04. The highest BCUT2D eigenvalue weighted by Crippen LogP contribution is 2.20. The molecule has 0 spiro atoms. The van der Waals surface area contributed by atoms with Crippen LogP contribution in [0, 0.1) is 13.8 Å². The van der Waals surface area contributed by atoms with E-state index in [1.807, 2.05) is 0 Å². The van der Waals surface area contributed by atoms with Crippen molar-refractivity contribution in [2.45, 2.75) is 53.6 Å². The van der Waals surface area contributed by atoms with Crippen molar-refractivity contribution < 1.29 is 13.3 Å². The van der Waals surface area contributed by atoms with E-state index in [1.165, 1.54) is 11.4 Å². The van der Waals surface area contributed by atoms with Gasteiger partial charge in [0.1, 0.15) is 11.4 Å². The standard InChI is InChI=1S/C11H20ClN2.ClHO2S/c1-7(2)13-9(5)10(6)14(8(3)4)11(13)12;1-4(2)3/h7-8H,1-6H3;(H,2,3)/q+1;/p-1. The molecule has 0 amide bonds. The number of hydrogen-bond acceptors (Lipinski definition) is 2. The van der Waals surface area contributed by atoms with E-state index in [9.17, 15) is 0 Å². The Morgan fingerprint density at radius 2 is 1.67 bits per heavy atom. The lowest BCUT2D eigenvalue weighted by atomic mass is 10.3. The van der Waals surface area contributed by atoms with Crippen molar-refractivity contribution in [1.82, 2.24) is 4.57 Å². The van der Waals surface area contributed by atoms with E-state index in [0.29, 0.717) is 12.1 Å². The fourth-order valence-electron chi connectivity index (χ4n) is 1.94.